The van der Waals surface area contributed by atoms with E-state index in [1.165, 1.54) is 6.07 Å². The molecule has 0 aliphatic rings. The number of hydrogen-bond donors (Lipinski definition) is 1. The first-order chi connectivity index (χ1) is 13.5. The highest BCUT2D eigenvalue weighted by atomic mass is 19.1. The van der Waals surface area contributed by atoms with Gasteiger partial charge in [0.05, 0.1) is 12.4 Å². The Morgan fingerprint density at radius 3 is 2.39 bits per heavy atom. The van der Waals surface area contributed by atoms with Crippen LogP contribution in [0.25, 0.3) is 22.1 Å². The molecular weight excluding hydrogens is 361 g/mol. The number of carbonyl (C=O) groups is 1. The van der Waals surface area contributed by atoms with E-state index in [1.807, 2.05) is 19.1 Å². The van der Waals surface area contributed by atoms with Gasteiger partial charge in [0, 0.05) is 17.0 Å². The minimum atomic E-state index is -0.580. The molecule has 4 aromatic rings. The molecule has 0 aliphatic carbocycles. The summed E-state index contributed by atoms with van der Waals surface area (Å²) < 4.78 is 18.1. The summed E-state index contributed by atoms with van der Waals surface area (Å²) in [5, 5.41) is 3.38. The van der Waals surface area contributed by atoms with Crippen LogP contribution in [0.2, 0.25) is 0 Å². The van der Waals surface area contributed by atoms with Gasteiger partial charge in [0.1, 0.15) is 5.58 Å². The molecule has 0 spiro atoms. The number of halogens is 1. The lowest BCUT2D eigenvalue weighted by molar-refractivity contribution is 0.102. The predicted octanol–water partition coefficient (Wildman–Crippen LogP) is 3.95. The molecule has 0 aliphatic heterocycles. The van der Waals surface area contributed by atoms with Crippen LogP contribution in [0.5, 0.6) is 0 Å². The lowest BCUT2D eigenvalue weighted by atomic mass is 10.0. The fourth-order valence-electron chi connectivity index (χ4n) is 2.87. The Bertz CT molecular complexity index is 1230. The van der Waals surface area contributed by atoms with Gasteiger partial charge >= 0.3 is 5.63 Å². The molecule has 0 fully saturated rings. The van der Waals surface area contributed by atoms with E-state index in [2.05, 4.69) is 15.3 Å². The van der Waals surface area contributed by atoms with Crippen LogP contribution in [0.15, 0.2) is 70.1 Å². The van der Waals surface area contributed by atoms with Crippen molar-refractivity contribution in [3.05, 3.63) is 88.3 Å². The van der Waals surface area contributed by atoms with Crippen molar-refractivity contribution in [1.82, 2.24) is 9.97 Å². The maximum Gasteiger partial charge on any atom is 0.336 e. The average molecular weight is 375 g/mol. The van der Waals surface area contributed by atoms with Crippen molar-refractivity contribution >= 4 is 22.8 Å². The summed E-state index contributed by atoms with van der Waals surface area (Å²) in [6.07, 6.45) is 1.96. The van der Waals surface area contributed by atoms with Crippen molar-refractivity contribution in [3.63, 3.8) is 0 Å². The quantitative estimate of drug-likeness (QED) is 0.548. The molecule has 6 nitrogen and oxygen atoms in total. The van der Waals surface area contributed by atoms with Crippen molar-refractivity contribution in [3.8, 4) is 11.1 Å². The van der Waals surface area contributed by atoms with Gasteiger partial charge in [-0.25, -0.2) is 19.2 Å². The van der Waals surface area contributed by atoms with Gasteiger partial charge in [-0.1, -0.05) is 24.3 Å². The van der Waals surface area contributed by atoms with Gasteiger partial charge in [-0.05, 0) is 41.8 Å². The molecular formula is C21H14FN3O3. The summed E-state index contributed by atoms with van der Waals surface area (Å²) >= 11 is 0. The first-order valence-corrected chi connectivity index (χ1v) is 8.43. The minimum Gasteiger partial charge on any atom is -0.423 e. The predicted molar refractivity (Wildman–Crippen MR) is 103 cm³/mol. The van der Waals surface area contributed by atoms with Crippen LogP contribution in [-0.4, -0.2) is 15.9 Å². The summed E-state index contributed by atoms with van der Waals surface area (Å²) in [7, 11) is 0. The molecule has 0 bridgehead atoms. The molecule has 0 saturated heterocycles. The maximum absolute atomic E-state index is 12.8. The van der Waals surface area contributed by atoms with E-state index in [9.17, 15) is 14.0 Å². The molecule has 2 heterocycles. The average Bonchev–Trinajstić information content (AvgIpc) is 2.69. The first kappa shape index (κ1) is 17.5. The third kappa shape index (κ3) is 3.50. The number of aromatic nitrogens is 2. The van der Waals surface area contributed by atoms with Crippen LogP contribution in [0.4, 0.5) is 10.3 Å². The molecule has 2 aromatic carbocycles. The van der Waals surface area contributed by atoms with Gasteiger partial charge in [0.15, 0.2) is 5.82 Å². The number of rotatable bonds is 3. The van der Waals surface area contributed by atoms with Crippen LogP contribution in [0.3, 0.4) is 0 Å². The molecule has 2 aromatic heterocycles. The van der Waals surface area contributed by atoms with Crippen molar-refractivity contribution in [2.24, 2.45) is 0 Å². The largest absolute Gasteiger partial charge is 0.423 e. The topological polar surface area (TPSA) is 85.1 Å². The molecule has 28 heavy (non-hydrogen) atoms. The van der Waals surface area contributed by atoms with Gasteiger partial charge < -0.3 is 4.42 Å². The Labute approximate surface area is 158 Å². The highest BCUT2D eigenvalue weighted by Crippen LogP contribution is 2.25. The van der Waals surface area contributed by atoms with Gasteiger partial charge in [0.25, 0.3) is 5.91 Å². The van der Waals surface area contributed by atoms with E-state index in [0.29, 0.717) is 11.1 Å². The number of nitrogens with one attached hydrogen (secondary N) is 1. The lowest BCUT2D eigenvalue weighted by Gasteiger charge is -2.07. The van der Waals surface area contributed by atoms with Crippen LogP contribution >= 0.6 is 0 Å². The molecule has 7 heteroatoms. The molecule has 0 radical (unpaired) electrons. The second kappa shape index (κ2) is 7.03. The molecule has 4 rings (SSSR count). The number of hydrogen-bond acceptors (Lipinski definition) is 5. The number of carbonyl (C=O) groups excluding carboxylic acids is 1. The zero-order valence-corrected chi connectivity index (χ0v) is 14.8. The van der Waals surface area contributed by atoms with E-state index >= 15 is 0 Å². The Kier molecular flexibility index (Phi) is 4.41. The number of anilines is 1. The Morgan fingerprint density at radius 2 is 1.68 bits per heavy atom. The second-order valence-electron chi connectivity index (χ2n) is 6.22. The van der Waals surface area contributed by atoms with Crippen molar-refractivity contribution < 1.29 is 13.6 Å². The molecule has 1 N–H and O–H groups in total. The third-order valence-electron chi connectivity index (χ3n) is 4.28. The van der Waals surface area contributed by atoms with Crippen LogP contribution in [-0.2, 0) is 0 Å². The smallest absolute Gasteiger partial charge is 0.336 e. The first-order valence-electron chi connectivity index (χ1n) is 8.43. The van der Waals surface area contributed by atoms with E-state index in [1.54, 1.807) is 30.3 Å². The van der Waals surface area contributed by atoms with Crippen LogP contribution < -0.4 is 10.9 Å². The molecule has 0 unspecified atom stereocenters. The zero-order chi connectivity index (χ0) is 19.7. The van der Waals surface area contributed by atoms with Gasteiger partial charge in [-0.3, -0.25) is 10.1 Å². The summed E-state index contributed by atoms with van der Waals surface area (Å²) in [5.41, 5.74) is 3.10. The van der Waals surface area contributed by atoms with Gasteiger partial charge in [-0.15, -0.1) is 0 Å². The number of aryl methyl sites for hydroxylation is 1. The number of fused-ring (bicyclic) bond motifs is 1. The number of benzene rings is 2. The van der Waals surface area contributed by atoms with E-state index < -0.39 is 17.3 Å². The fourth-order valence-corrected chi connectivity index (χ4v) is 2.87. The number of amides is 1. The standard InChI is InChI=1S/C21H14FN3O3/c1-12-8-19(26)28-18-9-15(6-7-17(12)18)13-2-4-14(5-3-13)20(27)25-21-23-10-16(22)11-24-21/h2-11H,1H3,(H,23,24,25,27). The highest BCUT2D eigenvalue weighted by molar-refractivity contribution is 6.03. The summed E-state index contributed by atoms with van der Waals surface area (Å²) in [5.74, 6) is -0.961. The zero-order valence-electron chi connectivity index (χ0n) is 14.8. The minimum absolute atomic E-state index is 0.0235. The molecule has 138 valence electrons. The highest BCUT2D eigenvalue weighted by Gasteiger charge is 2.09. The molecule has 0 saturated carbocycles. The van der Waals surface area contributed by atoms with Crippen molar-refractivity contribution in [2.75, 3.05) is 5.32 Å². The summed E-state index contributed by atoms with van der Waals surface area (Å²) in [6, 6.07) is 14.0. The monoisotopic (exact) mass is 375 g/mol. The maximum atomic E-state index is 12.8. The van der Waals surface area contributed by atoms with Crippen molar-refractivity contribution in [2.45, 2.75) is 6.92 Å². The van der Waals surface area contributed by atoms with Gasteiger partial charge in [0.2, 0.25) is 5.95 Å². The SMILES string of the molecule is Cc1cc(=O)oc2cc(-c3ccc(C(=O)Nc4ncc(F)cn4)cc3)ccc12. The van der Waals surface area contributed by atoms with E-state index in [4.69, 9.17) is 4.42 Å². The third-order valence-corrected chi connectivity index (χ3v) is 4.28. The van der Waals surface area contributed by atoms with Gasteiger partial charge in [-0.2, -0.15) is 0 Å². The Morgan fingerprint density at radius 1 is 1.00 bits per heavy atom. The Hall–Kier alpha value is -3.87. The van der Waals surface area contributed by atoms with Crippen LogP contribution in [0, 0.1) is 12.7 Å². The summed E-state index contributed by atoms with van der Waals surface area (Å²) in [6.45, 7) is 1.86. The van der Waals surface area contributed by atoms with E-state index in [-0.39, 0.29) is 5.95 Å². The fraction of sp³-hybridized carbons (Fsp3) is 0.0476. The summed E-state index contributed by atoms with van der Waals surface area (Å²) in [4.78, 5) is 31.3. The normalized spacial score (nSPS) is 10.8. The lowest BCUT2D eigenvalue weighted by Crippen LogP contribution is -2.14. The molecule has 0 atom stereocenters. The molecule has 1 amide bonds. The van der Waals surface area contributed by atoms with E-state index in [0.717, 1.165) is 34.5 Å². The van der Waals surface area contributed by atoms with Crippen molar-refractivity contribution in [1.29, 1.82) is 0 Å². The number of nitrogens with zero attached hydrogens (tertiary/aromatic N) is 2. The Balaban J connectivity index is 1.59. The second-order valence-corrected chi connectivity index (χ2v) is 6.22. The van der Waals surface area contributed by atoms with Crippen LogP contribution in [0.1, 0.15) is 15.9 Å².